The third kappa shape index (κ3) is 2.36. The van der Waals surface area contributed by atoms with E-state index in [1.54, 1.807) is 12.1 Å². The van der Waals surface area contributed by atoms with E-state index in [0.29, 0.717) is 5.56 Å². The van der Waals surface area contributed by atoms with Crippen molar-refractivity contribution in [1.29, 1.82) is 0 Å². The van der Waals surface area contributed by atoms with E-state index in [2.05, 4.69) is 0 Å². The van der Waals surface area contributed by atoms with Gasteiger partial charge in [-0.2, -0.15) is 0 Å². The van der Waals surface area contributed by atoms with Crippen molar-refractivity contribution in [3.8, 4) is 0 Å². The summed E-state index contributed by atoms with van der Waals surface area (Å²) < 4.78 is 16.2. The second-order valence-corrected chi connectivity index (χ2v) is 4.97. The Morgan fingerprint density at radius 2 is 1.89 bits per heavy atom. The van der Waals surface area contributed by atoms with Gasteiger partial charge in [-0.25, -0.2) is 4.79 Å². The van der Waals surface area contributed by atoms with Crippen LogP contribution in [0.25, 0.3) is 0 Å². The van der Waals surface area contributed by atoms with Crippen LogP contribution >= 0.6 is 0 Å². The van der Waals surface area contributed by atoms with Crippen LogP contribution in [0, 0.1) is 6.92 Å². The molecule has 0 radical (unpaired) electrons. The zero-order valence-corrected chi connectivity index (χ0v) is 10.6. The lowest BCUT2D eigenvalue weighted by molar-refractivity contribution is -0.0209. The molecule has 4 atom stereocenters. The number of carbonyl (C=O) groups excluding carboxylic acids is 1. The normalized spacial score (nSPS) is 33.2. The van der Waals surface area contributed by atoms with Crippen molar-refractivity contribution < 1.29 is 24.1 Å². The predicted molar refractivity (Wildman–Crippen MR) is 65.9 cm³/mol. The van der Waals surface area contributed by atoms with Crippen LogP contribution in [0.5, 0.6) is 0 Å². The van der Waals surface area contributed by atoms with Crippen LogP contribution < -0.4 is 0 Å². The van der Waals surface area contributed by atoms with Gasteiger partial charge in [-0.3, -0.25) is 0 Å². The van der Waals surface area contributed by atoms with Crippen molar-refractivity contribution in [3.63, 3.8) is 0 Å². The zero-order valence-electron chi connectivity index (χ0n) is 10.6. The minimum atomic E-state index is -0.631. The lowest BCUT2D eigenvalue weighted by atomic mass is 10.1. The van der Waals surface area contributed by atoms with E-state index >= 15 is 0 Å². The van der Waals surface area contributed by atoms with Gasteiger partial charge in [-0.1, -0.05) is 17.7 Å². The number of benzene rings is 1. The molecule has 0 amide bonds. The van der Waals surface area contributed by atoms with Gasteiger partial charge in [0.25, 0.3) is 0 Å². The smallest absolute Gasteiger partial charge is 0.338 e. The van der Waals surface area contributed by atoms with Crippen molar-refractivity contribution in [1.82, 2.24) is 0 Å². The van der Waals surface area contributed by atoms with E-state index in [9.17, 15) is 9.90 Å². The number of ether oxygens (including phenoxy) is 3. The Kier molecular flexibility index (Phi) is 3.26. The molecule has 19 heavy (non-hydrogen) atoms. The molecule has 2 aliphatic heterocycles. The molecule has 2 fully saturated rings. The number of rotatable bonds is 2. The first-order chi connectivity index (χ1) is 9.15. The summed E-state index contributed by atoms with van der Waals surface area (Å²) in [5, 5.41) is 9.61. The van der Waals surface area contributed by atoms with E-state index < -0.39 is 12.2 Å². The van der Waals surface area contributed by atoms with E-state index in [-0.39, 0.29) is 31.4 Å². The lowest BCUT2D eigenvalue weighted by Crippen LogP contribution is -2.34. The molecule has 1 aromatic rings. The summed E-state index contributed by atoms with van der Waals surface area (Å²) in [4.78, 5) is 12.0. The molecule has 0 saturated carbocycles. The van der Waals surface area contributed by atoms with E-state index in [0.717, 1.165) is 5.56 Å². The molecule has 0 spiro atoms. The summed E-state index contributed by atoms with van der Waals surface area (Å²) in [5.74, 6) is -0.390. The Hall–Kier alpha value is -1.43. The highest BCUT2D eigenvalue weighted by Gasteiger charge is 2.48. The van der Waals surface area contributed by atoms with Crippen LogP contribution in [-0.4, -0.2) is 48.7 Å². The fraction of sp³-hybridized carbons (Fsp3) is 0.500. The van der Waals surface area contributed by atoms with Crippen LogP contribution in [-0.2, 0) is 14.2 Å². The van der Waals surface area contributed by atoms with Crippen LogP contribution in [0.4, 0.5) is 0 Å². The summed E-state index contributed by atoms with van der Waals surface area (Å²) >= 11 is 0. The number of aliphatic hydroxyl groups is 1. The molecule has 2 aliphatic rings. The first-order valence-corrected chi connectivity index (χ1v) is 6.34. The average Bonchev–Trinajstić information content (AvgIpc) is 2.95. The van der Waals surface area contributed by atoms with Crippen molar-refractivity contribution in [2.24, 2.45) is 0 Å². The second kappa shape index (κ2) is 4.92. The van der Waals surface area contributed by atoms with Crippen molar-refractivity contribution in [2.45, 2.75) is 31.3 Å². The summed E-state index contributed by atoms with van der Waals surface area (Å²) in [5.41, 5.74) is 1.59. The van der Waals surface area contributed by atoms with E-state index in [4.69, 9.17) is 14.2 Å². The van der Waals surface area contributed by atoms with Crippen molar-refractivity contribution in [3.05, 3.63) is 35.4 Å². The lowest BCUT2D eigenvalue weighted by Gasteiger charge is -2.16. The molecule has 0 unspecified atom stereocenters. The van der Waals surface area contributed by atoms with Gasteiger partial charge >= 0.3 is 5.97 Å². The van der Waals surface area contributed by atoms with Crippen LogP contribution in [0.1, 0.15) is 15.9 Å². The fourth-order valence-electron chi connectivity index (χ4n) is 2.44. The van der Waals surface area contributed by atoms with Crippen molar-refractivity contribution >= 4 is 5.97 Å². The summed E-state index contributed by atoms with van der Waals surface area (Å²) in [6, 6.07) is 7.19. The zero-order chi connectivity index (χ0) is 13.4. The molecule has 1 N–H and O–H groups in total. The number of aliphatic hydroxyl groups excluding tert-OH is 1. The summed E-state index contributed by atoms with van der Waals surface area (Å²) in [6.07, 6.45) is -1.82. The quantitative estimate of drug-likeness (QED) is 0.796. The van der Waals surface area contributed by atoms with Gasteiger partial charge in [-0.05, 0) is 19.1 Å². The minimum Gasteiger partial charge on any atom is -0.453 e. The molecule has 5 nitrogen and oxygen atoms in total. The maximum Gasteiger partial charge on any atom is 0.338 e. The fourth-order valence-corrected chi connectivity index (χ4v) is 2.44. The van der Waals surface area contributed by atoms with Crippen LogP contribution in [0.15, 0.2) is 24.3 Å². The number of esters is 1. The van der Waals surface area contributed by atoms with Gasteiger partial charge in [0, 0.05) is 0 Å². The summed E-state index contributed by atoms with van der Waals surface area (Å²) in [7, 11) is 0. The SMILES string of the molecule is Cc1ccc(C(=O)O[C@@H]2CO[C@H]3[C@@H]2OC[C@H]3O)cc1. The number of fused-ring (bicyclic) bond motifs is 1. The Morgan fingerprint density at radius 3 is 2.63 bits per heavy atom. The Bertz CT molecular complexity index is 469. The molecule has 2 heterocycles. The molecule has 0 bridgehead atoms. The first-order valence-electron chi connectivity index (χ1n) is 6.34. The predicted octanol–water partition coefficient (Wildman–Crippen LogP) is 0.679. The maximum atomic E-state index is 12.0. The number of aryl methyl sites for hydroxylation is 1. The molecule has 2 saturated heterocycles. The molecular formula is C14H16O5. The molecular weight excluding hydrogens is 248 g/mol. The largest absolute Gasteiger partial charge is 0.453 e. The maximum absolute atomic E-state index is 12.0. The van der Waals surface area contributed by atoms with E-state index in [1.807, 2.05) is 19.1 Å². The molecule has 5 heteroatoms. The molecule has 3 rings (SSSR count). The monoisotopic (exact) mass is 264 g/mol. The average molecular weight is 264 g/mol. The highest BCUT2D eigenvalue weighted by molar-refractivity contribution is 5.89. The highest BCUT2D eigenvalue weighted by atomic mass is 16.6. The highest BCUT2D eigenvalue weighted by Crippen LogP contribution is 2.29. The van der Waals surface area contributed by atoms with Crippen molar-refractivity contribution in [2.75, 3.05) is 13.2 Å². The standard InChI is InChI=1S/C14H16O5/c1-8-2-4-9(5-3-8)14(16)19-11-7-18-12-10(15)6-17-13(11)12/h2-5,10-13,15H,6-7H2,1H3/t10-,11-,12-,13-/m1/s1. The van der Waals surface area contributed by atoms with Gasteiger partial charge in [0.2, 0.25) is 0 Å². The van der Waals surface area contributed by atoms with Gasteiger partial charge in [-0.15, -0.1) is 0 Å². The number of carbonyl (C=O) groups is 1. The van der Waals surface area contributed by atoms with Gasteiger partial charge in [0.15, 0.2) is 6.10 Å². The third-order valence-electron chi connectivity index (χ3n) is 3.53. The van der Waals surface area contributed by atoms with Gasteiger partial charge in [0.05, 0.1) is 18.8 Å². The molecule has 0 aromatic heterocycles. The Labute approximate surface area is 111 Å². The van der Waals surface area contributed by atoms with Crippen LogP contribution in [0.2, 0.25) is 0 Å². The van der Waals surface area contributed by atoms with Crippen LogP contribution in [0.3, 0.4) is 0 Å². The molecule has 0 aliphatic carbocycles. The van der Waals surface area contributed by atoms with Gasteiger partial charge < -0.3 is 19.3 Å². The van der Waals surface area contributed by atoms with E-state index in [1.165, 1.54) is 0 Å². The Balaban J connectivity index is 1.66. The van der Waals surface area contributed by atoms with Gasteiger partial charge in [0.1, 0.15) is 18.3 Å². The Morgan fingerprint density at radius 1 is 1.21 bits per heavy atom. The first kappa shape index (κ1) is 12.6. The minimum absolute atomic E-state index is 0.230. The third-order valence-corrected chi connectivity index (χ3v) is 3.53. The molecule has 102 valence electrons. The number of hydrogen-bond donors (Lipinski definition) is 1. The number of hydrogen-bond acceptors (Lipinski definition) is 5. The molecule has 1 aromatic carbocycles. The summed E-state index contributed by atoms with van der Waals surface area (Å²) in [6.45, 7) is 2.45. The second-order valence-electron chi connectivity index (χ2n) is 4.97. The topological polar surface area (TPSA) is 65.0 Å².